The van der Waals surface area contributed by atoms with E-state index in [1.807, 2.05) is 6.92 Å². The zero-order chi connectivity index (χ0) is 12.9. The quantitative estimate of drug-likeness (QED) is 0.383. The molecule has 0 spiro atoms. The van der Waals surface area contributed by atoms with Gasteiger partial charge < -0.3 is 20.5 Å². The van der Waals surface area contributed by atoms with E-state index >= 15 is 0 Å². The number of halogens is 1. The molecule has 0 aromatic carbocycles. The fourth-order valence-corrected chi connectivity index (χ4v) is 2.18. The second-order valence-electron chi connectivity index (χ2n) is 4.96. The van der Waals surface area contributed by atoms with Gasteiger partial charge in [-0.15, -0.1) is 24.0 Å². The van der Waals surface area contributed by atoms with Crippen LogP contribution in [0.25, 0.3) is 0 Å². The van der Waals surface area contributed by atoms with Gasteiger partial charge in [0.15, 0.2) is 5.96 Å². The highest BCUT2D eigenvalue weighted by Gasteiger charge is 2.48. The Morgan fingerprint density at radius 1 is 1.50 bits per heavy atom. The third-order valence-electron chi connectivity index (χ3n) is 3.49. The molecule has 108 valence electrons. The van der Waals surface area contributed by atoms with E-state index in [0.717, 1.165) is 18.9 Å². The second-order valence-corrected chi connectivity index (χ2v) is 4.96. The SMILES string of the molecule is CCNC(=NCCO)NC1CC(OC)C1(C)C.I. The minimum atomic E-state index is 0. The number of aliphatic hydroxyl groups excluding tert-OH is 1. The molecular formula is C12H26IN3O2. The number of guanidine groups is 1. The molecule has 6 heteroatoms. The van der Waals surface area contributed by atoms with Crippen molar-refractivity contribution in [3.63, 3.8) is 0 Å². The number of nitrogens with zero attached hydrogens (tertiary/aromatic N) is 1. The number of methoxy groups -OCH3 is 1. The zero-order valence-electron chi connectivity index (χ0n) is 11.7. The molecule has 0 aromatic rings. The molecule has 0 aromatic heterocycles. The Labute approximate surface area is 127 Å². The summed E-state index contributed by atoms with van der Waals surface area (Å²) < 4.78 is 5.41. The third kappa shape index (κ3) is 4.24. The molecule has 3 N–H and O–H groups in total. The first-order valence-electron chi connectivity index (χ1n) is 6.24. The summed E-state index contributed by atoms with van der Waals surface area (Å²) in [5.41, 5.74) is 0.115. The Bertz CT molecular complexity index is 272. The van der Waals surface area contributed by atoms with Crippen molar-refractivity contribution in [2.75, 3.05) is 26.8 Å². The molecule has 1 aliphatic rings. The number of rotatable bonds is 5. The van der Waals surface area contributed by atoms with Crippen molar-refractivity contribution >= 4 is 29.9 Å². The molecule has 1 fully saturated rings. The van der Waals surface area contributed by atoms with Crippen LogP contribution in [0.15, 0.2) is 4.99 Å². The normalized spacial score (nSPS) is 25.9. The maximum atomic E-state index is 8.79. The first-order valence-corrected chi connectivity index (χ1v) is 6.24. The van der Waals surface area contributed by atoms with Crippen LogP contribution >= 0.6 is 24.0 Å². The maximum Gasteiger partial charge on any atom is 0.191 e. The van der Waals surface area contributed by atoms with Gasteiger partial charge in [0.1, 0.15) is 0 Å². The fraction of sp³-hybridized carbons (Fsp3) is 0.917. The molecule has 0 saturated heterocycles. The van der Waals surface area contributed by atoms with Gasteiger partial charge >= 0.3 is 0 Å². The number of hydrogen-bond acceptors (Lipinski definition) is 3. The van der Waals surface area contributed by atoms with Crippen LogP contribution in [0, 0.1) is 5.41 Å². The molecular weight excluding hydrogens is 345 g/mol. The van der Waals surface area contributed by atoms with Gasteiger partial charge in [-0.1, -0.05) is 13.8 Å². The molecule has 5 nitrogen and oxygen atoms in total. The van der Waals surface area contributed by atoms with Crippen LogP contribution in [-0.4, -0.2) is 50.0 Å². The Morgan fingerprint density at radius 2 is 2.17 bits per heavy atom. The molecule has 2 atom stereocenters. The molecule has 18 heavy (non-hydrogen) atoms. The van der Waals surface area contributed by atoms with Gasteiger partial charge in [-0.25, -0.2) is 0 Å². The van der Waals surface area contributed by atoms with Gasteiger partial charge in [-0.05, 0) is 13.3 Å². The summed E-state index contributed by atoms with van der Waals surface area (Å²) in [4.78, 5) is 4.27. The maximum absolute atomic E-state index is 8.79. The van der Waals surface area contributed by atoms with E-state index < -0.39 is 0 Å². The summed E-state index contributed by atoms with van der Waals surface area (Å²) in [7, 11) is 1.76. The smallest absolute Gasteiger partial charge is 0.191 e. The highest BCUT2D eigenvalue weighted by molar-refractivity contribution is 14.0. The van der Waals surface area contributed by atoms with E-state index in [4.69, 9.17) is 9.84 Å². The number of aliphatic hydroxyl groups is 1. The van der Waals surface area contributed by atoms with Crippen LogP contribution in [0.4, 0.5) is 0 Å². The standard InChI is InChI=1S/C12H25N3O2.HI/c1-5-13-11(14-6-7-16)15-9-8-10(17-4)12(9,2)3;/h9-10,16H,5-8H2,1-4H3,(H2,13,14,15);1H. The van der Waals surface area contributed by atoms with Gasteiger partial charge in [0.25, 0.3) is 0 Å². The number of aliphatic imine (C=N–C) groups is 1. The molecule has 2 unspecified atom stereocenters. The highest BCUT2D eigenvalue weighted by Crippen LogP contribution is 2.42. The van der Waals surface area contributed by atoms with Gasteiger partial charge in [-0.2, -0.15) is 0 Å². The minimum absolute atomic E-state index is 0. The Balaban J connectivity index is 0.00000289. The summed E-state index contributed by atoms with van der Waals surface area (Å²) in [6.07, 6.45) is 1.30. The van der Waals surface area contributed by atoms with Crippen LogP contribution in [0.3, 0.4) is 0 Å². The van der Waals surface area contributed by atoms with Crippen LogP contribution in [0.1, 0.15) is 27.2 Å². The molecule has 1 rings (SSSR count). The molecule has 0 aliphatic heterocycles. The van der Waals surface area contributed by atoms with E-state index in [0.29, 0.717) is 18.7 Å². The van der Waals surface area contributed by atoms with Crippen molar-refractivity contribution in [1.29, 1.82) is 0 Å². The van der Waals surface area contributed by atoms with E-state index in [2.05, 4.69) is 29.5 Å². The Hall–Kier alpha value is -0.0800. The lowest BCUT2D eigenvalue weighted by Gasteiger charge is -2.51. The van der Waals surface area contributed by atoms with Crippen molar-refractivity contribution in [2.24, 2.45) is 10.4 Å². The number of nitrogens with one attached hydrogen (secondary N) is 2. The molecule has 0 heterocycles. The van der Waals surface area contributed by atoms with E-state index in [-0.39, 0.29) is 36.0 Å². The third-order valence-corrected chi connectivity index (χ3v) is 3.49. The summed E-state index contributed by atoms with van der Waals surface area (Å²) in [5.74, 6) is 0.772. The summed E-state index contributed by atoms with van der Waals surface area (Å²) in [6, 6.07) is 0.365. The fourth-order valence-electron chi connectivity index (χ4n) is 2.18. The van der Waals surface area contributed by atoms with E-state index in [1.54, 1.807) is 7.11 Å². The molecule has 1 saturated carbocycles. The van der Waals surface area contributed by atoms with Gasteiger partial charge in [-0.3, -0.25) is 4.99 Å². The van der Waals surface area contributed by atoms with E-state index in [9.17, 15) is 0 Å². The van der Waals surface area contributed by atoms with Crippen molar-refractivity contribution in [3.8, 4) is 0 Å². The highest BCUT2D eigenvalue weighted by atomic mass is 127. The molecule has 0 amide bonds. The molecule has 0 bridgehead atoms. The predicted molar refractivity (Wildman–Crippen MR) is 84.6 cm³/mol. The summed E-state index contributed by atoms with van der Waals surface area (Å²) >= 11 is 0. The first-order chi connectivity index (χ1) is 8.06. The largest absolute Gasteiger partial charge is 0.394 e. The summed E-state index contributed by atoms with van der Waals surface area (Å²) in [6.45, 7) is 7.73. The number of hydrogen-bond donors (Lipinski definition) is 3. The van der Waals surface area contributed by atoms with Crippen molar-refractivity contribution in [2.45, 2.75) is 39.3 Å². The molecule has 0 radical (unpaired) electrons. The predicted octanol–water partition coefficient (Wildman–Crippen LogP) is 0.965. The average Bonchev–Trinajstić information content (AvgIpc) is 2.30. The summed E-state index contributed by atoms with van der Waals surface area (Å²) in [5, 5.41) is 15.4. The second kappa shape index (κ2) is 8.16. The number of ether oxygens (including phenoxy) is 1. The Kier molecular flexibility index (Phi) is 8.13. The van der Waals surface area contributed by atoms with E-state index in [1.165, 1.54) is 0 Å². The van der Waals surface area contributed by atoms with Gasteiger partial charge in [0.05, 0.1) is 19.3 Å². The monoisotopic (exact) mass is 371 g/mol. The van der Waals surface area contributed by atoms with Crippen LogP contribution in [0.5, 0.6) is 0 Å². The molecule has 1 aliphatic carbocycles. The Morgan fingerprint density at radius 3 is 2.61 bits per heavy atom. The van der Waals surface area contributed by atoms with Crippen LogP contribution in [-0.2, 0) is 4.74 Å². The lowest BCUT2D eigenvalue weighted by atomic mass is 9.64. The lowest BCUT2D eigenvalue weighted by molar-refractivity contribution is -0.0922. The lowest BCUT2D eigenvalue weighted by Crippen LogP contribution is -2.63. The topological polar surface area (TPSA) is 65.9 Å². The van der Waals surface area contributed by atoms with Crippen LogP contribution in [0.2, 0.25) is 0 Å². The van der Waals surface area contributed by atoms with Crippen molar-refractivity contribution in [3.05, 3.63) is 0 Å². The van der Waals surface area contributed by atoms with Crippen LogP contribution < -0.4 is 10.6 Å². The van der Waals surface area contributed by atoms with Crippen molar-refractivity contribution < 1.29 is 9.84 Å². The average molecular weight is 371 g/mol. The first kappa shape index (κ1) is 17.9. The minimum Gasteiger partial charge on any atom is -0.394 e. The van der Waals surface area contributed by atoms with Crippen molar-refractivity contribution in [1.82, 2.24) is 10.6 Å². The van der Waals surface area contributed by atoms with Gasteiger partial charge in [0.2, 0.25) is 0 Å². The zero-order valence-corrected chi connectivity index (χ0v) is 14.0. The van der Waals surface area contributed by atoms with Gasteiger partial charge in [0, 0.05) is 25.1 Å².